The Bertz CT molecular complexity index is 861. The van der Waals surface area contributed by atoms with Gasteiger partial charge in [-0.2, -0.15) is 0 Å². The number of ether oxygens (including phenoxy) is 2. The molecule has 1 aromatic rings. The molecule has 1 N–H and O–H groups in total. The molecule has 2 aliphatic rings. The molecule has 1 unspecified atom stereocenters. The molecular formula is C17H16F3N3O5. The first kappa shape index (κ1) is 19.5. The number of ketones is 1. The number of alkyl carbamates (subject to hydrolysis) is 1. The summed E-state index contributed by atoms with van der Waals surface area (Å²) < 4.78 is 53.0. The minimum Gasteiger partial charge on any atom is -0.453 e. The molecule has 11 heteroatoms. The molecule has 1 atom stereocenters. The Morgan fingerprint density at radius 2 is 2.07 bits per heavy atom. The maximum absolute atomic E-state index is 14.6. The molecule has 0 saturated carbocycles. The van der Waals surface area contributed by atoms with Crippen molar-refractivity contribution in [3.05, 3.63) is 35.8 Å². The summed E-state index contributed by atoms with van der Waals surface area (Å²) in [4.78, 5) is 36.1. The summed E-state index contributed by atoms with van der Waals surface area (Å²) in [5, 5.41) is 2.31. The maximum atomic E-state index is 14.6. The summed E-state index contributed by atoms with van der Waals surface area (Å²) in [5.41, 5.74) is -1.28. The van der Waals surface area contributed by atoms with Crippen molar-refractivity contribution in [2.45, 2.75) is 12.5 Å². The van der Waals surface area contributed by atoms with Gasteiger partial charge in [-0.15, -0.1) is 0 Å². The van der Waals surface area contributed by atoms with E-state index in [0.29, 0.717) is 6.07 Å². The molecule has 28 heavy (non-hydrogen) atoms. The van der Waals surface area contributed by atoms with Crippen molar-refractivity contribution >= 4 is 29.3 Å². The molecule has 2 amide bonds. The Hall–Kier alpha value is -3.24. The van der Waals surface area contributed by atoms with E-state index in [1.54, 1.807) is 0 Å². The van der Waals surface area contributed by atoms with Gasteiger partial charge >= 0.3 is 12.2 Å². The van der Waals surface area contributed by atoms with Gasteiger partial charge in [-0.1, -0.05) is 0 Å². The highest BCUT2D eigenvalue weighted by atomic mass is 19.2. The molecule has 2 heterocycles. The van der Waals surface area contributed by atoms with E-state index in [4.69, 9.17) is 4.74 Å². The van der Waals surface area contributed by atoms with E-state index >= 15 is 0 Å². The van der Waals surface area contributed by atoms with Crippen LogP contribution in [-0.4, -0.2) is 50.8 Å². The lowest BCUT2D eigenvalue weighted by atomic mass is 10.1. The average molecular weight is 399 g/mol. The predicted octanol–water partition coefficient (Wildman–Crippen LogP) is 2.08. The number of amides is 2. The highest BCUT2D eigenvalue weighted by molar-refractivity contribution is 5.92. The van der Waals surface area contributed by atoms with E-state index < -0.39 is 47.1 Å². The highest BCUT2D eigenvalue weighted by Crippen LogP contribution is 2.35. The van der Waals surface area contributed by atoms with Crippen LogP contribution in [0.15, 0.2) is 18.3 Å². The number of carbonyl (C=O) groups is 3. The van der Waals surface area contributed by atoms with Crippen molar-refractivity contribution in [1.82, 2.24) is 5.32 Å². The molecule has 1 aromatic carbocycles. The summed E-state index contributed by atoms with van der Waals surface area (Å²) >= 11 is 0. The van der Waals surface area contributed by atoms with E-state index in [9.17, 15) is 27.6 Å². The zero-order valence-electron chi connectivity index (χ0n) is 14.7. The summed E-state index contributed by atoms with van der Waals surface area (Å²) in [6.07, 6.45) is -0.268. The van der Waals surface area contributed by atoms with Gasteiger partial charge in [0.2, 0.25) is 0 Å². The maximum Gasteiger partial charge on any atom is 0.414 e. The second-order valence-electron chi connectivity index (χ2n) is 6.07. The van der Waals surface area contributed by atoms with E-state index in [1.165, 1.54) is 6.20 Å². The fourth-order valence-electron chi connectivity index (χ4n) is 2.87. The number of benzene rings is 1. The Morgan fingerprint density at radius 3 is 2.71 bits per heavy atom. The molecule has 0 bridgehead atoms. The average Bonchev–Trinajstić information content (AvgIpc) is 3.04. The van der Waals surface area contributed by atoms with E-state index in [-0.39, 0.29) is 31.8 Å². The van der Waals surface area contributed by atoms with Crippen LogP contribution in [0, 0.1) is 17.5 Å². The van der Waals surface area contributed by atoms with Crippen molar-refractivity contribution < 1.29 is 37.0 Å². The van der Waals surface area contributed by atoms with Gasteiger partial charge in [0.05, 0.1) is 25.9 Å². The molecule has 0 aromatic heterocycles. The number of allylic oxidation sites excluding steroid dienone is 1. The van der Waals surface area contributed by atoms with Crippen molar-refractivity contribution in [2.24, 2.45) is 0 Å². The summed E-state index contributed by atoms with van der Waals surface area (Å²) in [5.74, 6) is -4.23. The normalized spacial score (nSPS) is 19.1. The Balaban J connectivity index is 1.83. The van der Waals surface area contributed by atoms with Gasteiger partial charge in [0.25, 0.3) is 0 Å². The number of carbonyl (C=O) groups excluding carboxylic acids is 3. The number of anilines is 2. The van der Waals surface area contributed by atoms with E-state index in [0.717, 1.165) is 23.0 Å². The number of hydrogen-bond acceptors (Lipinski definition) is 6. The van der Waals surface area contributed by atoms with Crippen molar-refractivity contribution in [3.63, 3.8) is 0 Å². The van der Waals surface area contributed by atoms with Crippen LogP contribution in [0.3, 0.4) is 0 Å². The molecule has 0 radical (unpaired) electrons. The minimum atomic E-state index is -1.49. The SMILES string of the molecule is COC(=O)NCC1CN(c2cc(F)c(N3C=CC(=O)CC3)c(F)c2F)C(=O)O1. The lowest BCUT2D eigenvalue weighted by Crippen LogP contribution is -2.34. The second kappa shape index (κ2) is 7.79. The number of halogens is 3. The van der Waals surface area contributed by atoms with Crippen molar-refractivity contribution in [2.75, 3.05) is 36.5 Å². The number of rotatable bonds is 4. The van der Waals surface area contributed by atoms with E-state index in [1.807, 2.05) is 0 Å². The minimum absolute atomic E-state index is 0.00497. The summed E-state index contributed by atoms with van der Waals surface area (Å²) in [6.45, 7) is -0.350. The highest BCUT2D eigenvalue weighted by Gasteiger charge is 2.36. The third-order valence-electron chi connectivity index (χ3n) is 4.27. The number of hydrogen-bond donors (Lipinski definition) is 1. The zero-order valence-corrected chi connectivity index (χ0v) is 14.7. The molecule has 0 aliphatic carbocycles. The van der Waals surface area contributed by atoms with Gasteiger partial charge in [-0.3, -0.25) is 9.69 Å². The van der Waals surface area contributed by atoms with Crippen LogP contribution in [0.2, 0.25) is 0 Å². The number of methoxy groups -OCH3 is 1. The van der Waals surface area contributed by atoms with Gasteiger partial charge < -0.3 is 19.7 Å². The molecule has 8 nitrogen and oxygen atoms in total. The first-order valence-electron chi connectivity index (χ1n) is 8.27. The summed E-state index contributed by atoms with van der Waals surface area (Å²) in [7, 11) is 1.15. The predicted molar refractivity (Wildman–Crippen MR) is 90.4 cm³/mol. The van der Waals surface area contributed by atoms with Crippen molar-refractivity contribution in [1.29, 1.82) is 0 Å². The van der Waals surface area contributed by atoms with E-state index in [2.05, 4.69) is 10.1 Å². The van der Waals surface area contributed by atoms with Crippen LogP contribution in [0.1, 0.15) is 6.42 Å². The third kappa shape index (κ3) is 3.73. The van der Waals surface area contributed by atoms with Gasteiger partial charge in [-0.05, 0) is 6.08 Å². The fraction of sp³-hybridized carbons (Fsp3) is 0.353. The largest absolute Gasteiger partial charge is 0.453 e. The number of cyclic esters (lactones) is 1. The van der Waals surface area contributed by atoms with Crippen LogP contribution in [0.5, 0.6) is 0 Å². The quantitative estimate of drug-likeness (QED) is 0.780. The standard InChI is InChI=1S/C17H16F3N3O5/c1-27-16(25)21-7-10-8-23(17(26)28-10)12-6-11(18)15(14(20)13(12)19)22-4-2-9(24)3-5-22/h2,4,6,10H,3,5,7-8H2,1H3,(H,21,25). The monoisotopic (exact) mass is 399 g/mol. The van der Waals surface area contributed by atoms with Gasteiger partial charge in [0.15, 0.2) is 23.2 Å². The second-order valence-corrected chi connectivity index (χ2v) is 6.07. The number of nitrogens with one attached hydrogen (secondary N) is 1. The molecule has 1 saturated heterocycles. The molecule has 150 valence electrons. The smallest absolute Gasteiger partial charge is 0.414 e. The Kier molecular flexibility index (Phi) is 5.43. The van der Waals surface area contributed by atoms with Crippen LogP contribution in [0.4, 0.5) is 34.1 Å². The van der Waals surface area contributed by atoms with Crippen LogP contribution >= 0.6 is 0 Å². The van der Waals surface area contributed by atoms with Gasteiger partial charge in [0.1, 0.15) is 11.8 Å². The van der Waals surface area contributed by atoms with Gasteiger partial charge in [0, 0.05) is 25.2 Å². The van der Waals surface area contributed by atoms with Crippen LogP contribution in [0.25, 0.3) is 0 Å². The van der Waals surface area contributed by atoms with Gasteiger partial charge in [-0.25, -0.2) is 22.8 Å². The molecule has 0 spiro atoms. The fourth-order valence-corrected chi connectivity index (χ4v) is 2.87. The van der Waals surface area contributed by atoms with Crippen LogP contribution < -0.4 is 15.1 Å². The summed E-state index contributed by atoms with van der Waals surface area (Å²) in [6, 6.07) is 0.690. The van der Waals surface area contributed by atoms with Crippen molar-refractivity contribution in [3.8, 4) is 0 Å². The molecule has 3 rings (SSSR count). The number of nitrogens with zero attached hydrogens (tertiary/aromatic N) is 2. The zero-order chi connectivity index (χ0) is 20.4. The van der Waals surface area contributed by atoms with Crippen LogP contribution in [-0.2, 0) is 14.3 Å². The third-order valence-corrected chi connectivity index (χ3v) is 4.27. The first-order valence-corrected chi connectivity index (χ1v) is 8.27. The first-order chi connectivity index (χ1) is 13.3. The Labute approximate surface area is 157 Å². The topological polar surface area (TPSA) is 88.2 Å². The lowest BCUT2D eigenvalue weighted by Gasteiger charge is -2.25. The molecule has 1 fully saturated rings. The lowest BCUT2D eigenvalue weighted by molar-refractivity contribution is -0.114. The Morgan fingerprint density at radius 1 is 1.32 bits per heavy atom. The molecule has 2 aliphatic heterocycles. The molecular weight excluding hydrogens is 383 g/mol.